The van der Waals surface area contributed by atoms with E-state index >= 15 is 0 Å². The summed E-state index contributed by atoms with van der Waals surface area (Å²) in [6, 6.07) is 5.88. The molecule has 0 unspecified atom stereocenters. The molecule has 15 heavy (non-hydrogen) atoms. The molecule has 1 heterocycles. The second-order valence-electron chi connectivity index (χ2n) is 3.12. The van der Waals surface area contributed by atoms with E-state index in [1.165, 1.54) is 0 Å². The van der Waals surface area contributed by atoms with Crippen molar-refractivity contribution in [3.8, 4) is 0 Å². The van der Waals surface area contributed by atoms with Crippen LogP contribution in [-0.4, -0.2) is 9.97 Å². The van der Waals surface area contributed by atoms with Gasteiger partial charge < -0.3 is 5.73 Å². The number of hydrogen-bond donors (Lipinski definition) is 1. The molecule has 0 saturated carbocycles. The van der Waals surface area contributed by atoms with E-state index < -0.39 is 0 Å². The van der Waals surface area contributed by atoms with Crippen LogP contribution in [0.5, 0.6) is 0 Å². The minimum atomic E-state index is 0.809. The topological polar surface area (TPSA) is 51.8 Å². The van der Waals surface area contributed by atoms with E-state index in [2.05, 4.69) is 9.97 Å². The first-order valence-corrected chi connectivity index (χ1v) is 5.38. The molecule has 0 bridgehead atoms. The third-order valence-corrected chi connectivity index (χ3v) is 3.16. The molecule has 2 N–H and O–H groups in total. The zero-order valence-electron chi connectivity index (χ0n) is 8.34. The van der Waals surface area contributed by atoms with E-state index in [4.69, 9.17) is 5.73 Å². The molecule has 0 aliphatic carbocycles. The molecular weight excluding hydrogens is 206 g/mol. The van der Waals surface area contributed by atoms with Crippen LogP contribution in [0.4, 0.5) is 5.69 Å². The van der Waals surface area contributed by atoms with E-state index in [1.54, 1.807) is 30.4 Å². The van der Waals surface area contributed by atoms with Gasteiger partial charge in [-0.05, 0) is 24.6 Å². The predicted molar refractivity (Wildman–Crippen MR) is 61.7 cm³/mol. The molecule has 4 heteroatoms. The Morgan fingerprint density at radius 1 is 1.27 bits per heavy atom. The molecular formula is C11H11N3S. The van der Waals surface area contributed by atoms with Crippen LogP contribution in [0.1, 0.15) is 5.56 Å². The number of aromatic nitrogens is 2. The normalized spacial score (nSPS) is 10.2. The Hall–Kier alpha value is -1.55. The van der Waals surface area contributed by atoms with Gasteiger partial charge in [-0.15, -0.1) is 0 Å². The minimum absolute atomic E-state index is 0.809. The van der Waals surface area contributed by atoms with E-state index in [0.717, 1.165) is 21.2 Å². The molecule has 0 atom stereocenters. The molecule has 0 amide bonds. The predicted octanol–water partition coefficient (Wildman–Crippen LogP) is 2.52. The zero-order valence-corrected chi connectivity index (χ0v) is 9.16. The Bertz CT molecular complexity index is 457. The smallest absolute Gasteiger partial charge is 0.119 e. The van der Waals surface area contributed by atoms with Crippen molar-refractivity contribution >= 4 is 17.4 Å². The van der Waals surface area contributed by atoms with Crippen molar-refractivity contribution in [3.63, 3.8) is 0 Å². The van der Waals surface area contributed by atoms with Crippen LogP contribution < -0.4 is 5.73 Å². The molecule has 0 saturated heterocycles. The molecule has 0 aliphatic rings. The average molecular weight is 217 g/mol. The summed E-state index contributed by atoms with van der Waals surface area (Å²) in [5, 5.41) is 0.881. The van der Waals surface area contributed by atoms with E-state index in [0.29, 0.717) is 0 Å². The van der Waals surface area contributed by atoms with Crippen LogP contribution in [0.3, 0.4) is 0 Å². The van der Waals surface area contributed by atoms with Crippen molar-refractivity contribution in [1.29, 1.82) is 0 Å². The minimum Gasteiger partial charge on any atom is -0.398 e. The number of nitrogens with two attached hydrogens (primary N) is 1. The van der Waals surface area contributed by atoms with E-state index in [9.17, 15) is 0 Å². The second kappa shape index (κ2) is 4.31. The monoisotopic (exact) mass is 217 g/mol. The van der Waals surface area contributed by atoms with Gasteiger partial charge in [-0.2, -0.15) is 0 Å². The first kappa shape index (κ1) is 9.98. The van der Waals surface area contributed by atoms with Gasteiger partial charge in [0, 0.05) is 23.0 Å². The number of hydrogen-bond acceptors (Lipinski definition) is 4. The third kappa shape index (κ3) is 2.27. The van der Waals surface area contributed by atoms with Crippen LogP contribution in [0.2, 0.25) is 0 Å². The summed E-state index contributed by atoms with van der Waals surface area (Å²) >= 11 is 1.57. The van der Waals surface area contributed by atoms with Crippen molar-refractivity contribution in [1.82, 2.24) is 9.97 Å². The third-order valence-electron chi connectivity index (χ3n) is 2.08. The summed E-state index contributed by atoms with van der Waals surface area (Å²) in [4.78, 5) is 9.34. The van der Waals surface area contributed by atoms with Crippen LogP contribution in [0.15, 0.2) is 46.7 Å². The molecule has 0 fully saturated rings. The summed E-state index contributed by atoms with van der Waals surface area (Å²) < 4.78 is 0. The fraction of sp³-hybridized carbons (Fsp3) is 0.0909. The van der Waals surface area contributed by atoms with Crippen LogP contribution in [0, 0.1) is 6.92 Å². The Morgan fingerprint density at radius 3 is 2.87 bits per heavy atom. The molecule has 1 aromatic heterocycles. The molecule has 0 aliphatic heterocycles. The summed E-state index contributed by atoms with van der Waals surface area (Å²) in [6.07, 6.45) is 5.09. The number of nitrogens with zero attached hydrogens (tertiary/aromatic N) is 2. The molecule has 1 aromatic carbocycles. The molecule has 0 radical (unpaired) electrons. The Labute approximate surface area is 92.8 Å². The summed E-state index contributed by atoms with van der Waals surface area (Å²) in [7, 11) is 0. The maximum absolute atomic E-state index is 5.82. The van der Waals surface area contributed by atoms with Crippen molar-refractivity contribution < 1.29 is 0 Å². The average Bonchev–Trinajstić information content (AvgIpc) is 2.26. The number of anilines is 1. The van der Waals surface area contributed by atoms with Gasteiger partial charge in [0.25, 0.3) is 0 Å². The fourth-order valence-electron chi connectivity index (χ4n) is 1.19. The lowest BCUT2D eigenvalue weighted by atomic mass is 10.2. The highest BCUT2D eigenvalue weighted by atomic mass is 32.2. The van der Waals surface area contributed by atoms with Crippen molar-refractivity contribution in [2.24, 2.45) is 0 Å². The van der Waals surface area contributed by atoms with Gasteiger partial charge >= 0.3 is 0 Å². The van der Waals surface area contributed by atoms with E-state index in [1.807, 2.05) is 25.1 Å². The number of benzene rings is 1. The van der Waals surface area contributed by atoms with Gasteiger partial charge in [-0.3, -0.25) is 4.98 Å². The maximum Gasteiger partial charge on any atom is 0.119 e. The lowest BCUT2D eigenvalue weighted by Gasteiger charge is -2.06. The van der Waals surface area contributed by atoms with E-state index in [-0.39, 0.29) is 0 Å². The summed E-state index contributed by atoms with van der Waals surface area (Å²) in [6.45, 7) is 2.01. The molecule has 0 spiro atoms. The van der Waals surface area contributed by atoms with Gasteiger partial charge in [0.1, 0.15) is 5.03 Å². The Balaban J connectivity index is 2.29. The Morgan fingerprint density at radius 2 is 2.13 bits per heavy atom. The highest BCUT2D eigenvalue weighted by Crippen LogP contribution is 2.30. The SMILES string of the molecule is Cc1c(N)cccc1Sc1cnccn1. The largest absolute Gasteiger partial charge is 0.398 e. The Kier molecular flexibility index (Phi) is 2.87. The van der Waals surface area contributed by atoms with Crippen LogP contribution in [0.25, 0.3) is 0 Å². The molecule has 2 rings (SSSR count). The fourth-order valence-corrected chi connectivity index (χ4v) is 2.06. The van der Waals surface area contributed by atoms with Gasteiger partial charge in [0.05, 0.1) is 6.20 Å². The number of rotatable bonds is 2. The number of nitrogen functional groups attached to an aromatic ring is 1. The maximum atomic E-state index is 5.82. The molecule has 76 valence electrons. The molecule has 2 aromatic rings. The van der Waals surface area contributed by atoms with Gasteiger partial charge in [-0.1, -0.05) is 17.8 Å². The zero-order chi connectivity index (χ0) is 10.7. The van der Waals surface area contributed by atoms with Gasteiger partial charge in [-0.25, -0.2) is 4.98 Å². The lowest BCUT2D eigenvalue weighted by molar-refractivity contribution is 1.05. The first-order valence-electron chi connectivity index (χ1n) is 4.56. The summed E-state index contributed by atoms with van der Waals surface area (Å²) in [5.41, 5.74) is 7.72. The van der Waals surface area contributed by atoms with Gasteiger partial charge in [0.15, 0.2) is 0 Å². The second-order valence-corrected chi connectivity index (χ2v) is 4.18. The van der Waals surface area contributed by atoms with Crippen molar-refractivity contribution in [2.75, 3.05) is 5.73 Å². The standard InChI is InChI=1S/C11H11N3S/c1-8-9(12)3-2-4-10(8)15-11-7-13-5-6-14-11/h2-7H,12H2,1H3. The van der Waals surface area contributed by atoms with Crippen molar-refractivity contribution in [3.05, 3.63) is 42.4 Å². The molecule has 3 nitrogen and oxygen atoms in total. The van der Waals surface area contributed by atoms with Crippen LogP contribution in [-0.2, 0) is 0 Å². The quantitative estimate of drug-likeness (QED) is 0.785. The first-order chi connectivity index (χ1) is 7.27. The highest BCUT2D eigenvalue weighted by molar-refractivity contribution is 7.99. The lowest BCUT2D eigenvalue weighted by Crippen LogP contribution is -1.91. The highest BCUT2D eigenvalue weighted by Gasteiger charge is 2.03. The summed E-state index contributed by atoms with van der Waals surface area (Å²) in [5.74, 6) is 0. The van der Waals surface area contributed by atoms with Crippen molar-refractivity contribution in [2.45, 2.75) is 16.8 Å². The van der Waals surface area contributed by atoms with Gasteiger partial charge in [0.2, 0.25) is 0 Å². The van der Waals surface area contributed by atoms with Crippen LogP contribution >= 0.6 is 11.8 Å².